The summed E-state index contributed by atoms with van der Waals surface area (Å²) < 4.78 is 1.52. The summed E-state index contributed by atoms with van der Waals surface area (Å²) in [7, 11) is 1.60. The fourth-order valence-electron chi connectivity index (χ4n) is 1.28. The van der Waals surface area contributed by atoms with Crippen molar-refractivity contribution < 1.29 is 9.90 Å². The molecule has 8 heteroatoms. The Balaban J connectivity index is 2.80. The zero-order chi connectivity index (χ0) is 13.8. The molecular weight excluding hydrogens is 256 g/mol. The molecule has 1 atom stereocenters. The SMILES string of the molecule is CCCn1c(SCC(C)(NC)C(=O)O)n[nH]c1=O. The van der Waals surface area contributed by atoms with Crippen LogP contribution in [0.25, 0.3) is 0 Å². The van der Waals surface area contributed by atoms with Crippen LogP contribution in [0.2, 0.25) is 0 Å². The maximum absolute atomic E-state index is 11.5. The lowest BCUT2D eigenvalue weighted by Gasteiger charge is -2.23. The van der Waals surface area contributed by atoms with Crippen LogP contribution in [0.4, 0.5) is 0 Å². The predicted octanol–water partition coefficient (Wildman–Crippen LogP) is 0.136. The summed E-state index contributed by atoms with van der Waals surface area (Å²) in [5.74, 6) is -0.648. The molecule has 1 heterocycles. The second-order valence-electron chi connectivity index (χ2n) is 4.14. The topological polar surface area (TPSA) is 100 Å². The number of carboxylic acid groups (broad SMARTS) is 1. The van der Waals surface area contributed by atoms with Gasteiger partial charge in [0.05, 0.1) is 0 Å². The number of thioether (sulfide) groups is 1. The third kappa shape index (κ3) is 3.14. The van der Waals surface area contributed by atoms with Gasteiger partial charge in [-0.3, -0.25) is 9.36 Å². The number of hydrogen-bond acceptors (Lipinski definition) is 5. The second kappa shape index (κ2) is 6.05. The molecule has 0 fully saturated rings. The van der Waals surface area contributed by atoms with Crippen LogP contribution in [0.15, 0.2) is 9.95 Å². The van der Waals surface area contributed by atoms with Crippen LogP contribution < -0.4 is 11.0 Å². The van der Waals surface area contributed by atoms with Crippen molar-refractivity contribution >= 4 is 17.7 Å². The maximum atomic E-state index is 11.5. The fourth-order valence-corrected chi connectivity index (χ4v) is 2.41. The molecule has 0 spiro atoms. The summed E-state index contributed by atoms with van der Waals surface area (Å²) >= 11 is 1.24. The number of aliphatic carboxylic acids is 1. The van der Waals surface area contributed by atoms with E-state index in [9.17, 15) is 9.59 Å². The molecule has 0 saturated carbocycles. The fraction of sp³-hybridized carbons (Fsp3) is 0.700. The van der Waals surface area contributed by atoms with Gasteiger partial charge in [0.15, 0.2) is 5.16 Å². The molecule has 0 aromatic carbocycles. The van der Waals surface area contributed by atoms with Gasteiger partial charge >= 0.3 is 11.7 Å². The van der Waals surface area contributed by atoms with Gasteiger partial charge < -0.3 is 10.4 Å². The van der Waals surface area contributed by atoms with Gasteiger partial charge in [-0.2, -0.15) is 0 Å². The first-order valence-corrected chi connectivity index (χ1v) is 6.63. The molecule has 7 nitrogen and oxygen atoms in total. The highest BCUT2D eigenvalue weighted by atomic mass is 32.2. The highest BCUT2D eigenvalue weighted by molar-refractivity contribution is 7.99. The average molecular weight is 274 g/mol. The Labute approximate surface area is 109 Å². The molecule has 1 unspecified atom stereocenters. The van der Waals surface area contributed by atoms with E-state index in [2.05, 4.69) is 15.5 Å². The molecule has 18 heavy (non-hydrogen) atoms. The lowest BCUT2D eigenvalue weighted by Crippen LogP contribution is -2.49. The third-order valence-corrected chi connectivity index (χ3v) is 3.98. The molecule has 0 bridgehead atoms. The number of H-pyrrole nitrogens is 1. The van der Waals surface area contributed by atoms with Crippen LogP contribution >= 0.6 is 11.8 Å². The summed E-state index contributed by atoms with van der Waals surface area (Å²) in [5.41, 5.74) is -1.31. The first kappa shape index (κ1) is 14.8. The molecular formula is C10H18N4O3S. The average Bonchev–Trinajstić information content (AvgIpc) is 2.68. The van der Waals surface area contributed by atoms with E-state index < -0.39 is 11.5 Å². The Morgan fingerprint density at radius 3 is 2.83 bits per heavy atom. The molecule has 0 saturated heterocycles. The lowest BCUT2D eigenvalue weighted by atomic mass is 10.1. The third-order valence-electron chi connectivity index (χ3n) is 2.68. The number of nitrogens with one attached hydrogen (secondary N) is 2. The van der Waals surface area contributed by atoms with Crippen molar-refractivity contribution in [2.75, 3.05) is 12.8 Å². The molecule has 1 aromatic heterocycles. The van der Waals surface area contributed by atoms with E-state index in [1.54, 1.807) is 14.0 Å². The van der Waals surface area contributed by atoms with Gasteiger partial charge in [0.2, 0.25) is 0 Å². The van der Waals surface area contributed by atoms with Crippen molar-refractivity contribution in [3.63, 3.8) is 0 Å². The van der Waals surface area contributed by atoms with E-state index in [-0.39, 0.29) is 11.4 Å². The van der Waals surface area contributed by atoms with Crippen LogP contribution in [-0.2, 0) is 11.3 Å². The number of aromatic nitrogens is 3. The Kier molecular flexibility index (Phi) is 4.97. The Morgan fingerprint density at radius 1 is 1.67 bits per heavy atom. The number of carbonyl (C=O) groups is 1. The Hall–Kier alpha value is -1.28. The molecule has 0 radical (unpaired) electrons. The maximum Gasteiger partial charge on any atom is 0.343 e. The first-order valence-electron chi connectivity index (χ1n) is 5.65. The van der Waals surface area contributed by atoms with E-state index >= 15 is 0 Å². The summed E-state index contributed by atoms with van der Waals surface area (Å²) in [6.07, 6.45) is 0.815. The number of aromatic amines is 1. The Morgan fingerprint density at radius 2 is 2.33 bits per heavy atom. The summed E-state index contributed by atoms with van der Waals surface area (Å²) in [6, 6.07) is 0. The second-order valence-corrected chi connectivity index (χ2v) is 5.08. The van der Waals surface area contributed by atoms with Gasteiger partial charge in [-0.15, -0.1) is 5.10 Å². The minimum atomic E-state index is -1.04. The highest BCUT2D eigenvalue weighted by Gasteiger charge is 2.31. The smallest absolute Gasteiger partial charge is 0.343 e. The zero-order valence-electron chi connectivity index (χ0n) is 10.7. The molecule has 0 aliphatic rings. The minimum absolute atomic E-state index is 0.263. The summed E-state index contributed by atoms with van der Waals surface area (Å²) in [4.78, 5) is 22.6. The van der Waals surface area contributed by atoms with Gasteiger partial charge in [-0.25, -0.2) is 9.89 Å². The molecule has 0 aliphatic carbocycles. The van der Waals surface area contributed by atoms with Gasteiger partial charge in [0.25, 0.3) is 0 Å². The van der Waals surface area contributed by atoms with E-state index in [4.69, 9.17) is 5.11 Å². The van der Waals surface area contributed by atoms with Crippen molar-refractivity contribution in [3.8, 4) is 0 Å². The van der Waals surface area contributed by atoms with Crippen molar-refractivity contribution in [1.82, 2.24) is 20.1 Å². The molecule has 3 N–H and O–H groups in total. The van der Waals surface area contributed by atoms with Crippen LogP contribution in [0.3, 0.4) is 0 Å². The highest BCUT2D eigenvalue weighted by Crippen LogP contribution is 2.20. The summed E-state index contributed by atoms with van der Waals surface area (Å²) in [6.45, 7) is 4.13. The van der Waals surface area contributed by atoms with Crippen molar-refractivity contribution in [3.05, 3.63) is 10.5 Å². The van der Waals surface area contributed by atoms with Gasteiger partial charge in [0.1, 0.15) is 5.54 Å². The normalized spacial score (nSPS) is 14.4. The molecule has 102 valence electrons. The monoisotopic (exact) mass is 274 g/mol. The zero-order valence-corrected chi connectivity index (χ0v) is 11.5. The predicted molar refractivity (Wildman–Crippen MR) is 69.0 cm³/mol. The van der Waals surface area contributed by atoms with Crippen LogP contribution in [0, 0.1) is 0 Å². The molecule has 0 aliphatic heterocycles. The first-order chi connectivity index (χ1) is 8.44. The number of hydrogen-bond donors (Lipinski definition) is 3. The van der Waals surface area contributed by atoms with Crippen molar-refractivity contribution in [2.45, 2.75) is 37.5 Å². The van der Waals surface area contributed by atoms with Gasteiger partial charge in [0, 0.05) is 12.3 Å². The van der Waals surface area contributed by atoms with Crippen LogP contribution in [-0.4, -0.2) is 44.2 Å². The van der Waals surface area contributed by atoms with Crippen LogP contribution in [0.5, 0.6) is 0 Å². The Bertz CT molecular complexity index is 470. The number of rotatable bonds is 7. The van der Waals surface area contributed by atoms with E-state index in [1.807, 2.05) is 6.92 Å². The van der Waals surface area contributed by atoms with Crippen molar-refractivity contribution in [1.29, 1.82) is 0 Å². The van der Waals surface area contributed by atoms with E-state index in [1.165, 1.54) is 16.3 Å². The quantitative estimate of drug-likeness (QED) is 0.611. The standard InChI is InChI=1S/C10H18N4O3S/c1-4-5-14-8(17)12-13-9(14)18-6-10(2,11-3)7(15)16/h11H,4-6H2,1-3H3,(H,12,17)(H,15,16). The van der Waals surface area contributed by atoms with Crippen LogP contribution in [0.1, 0.15) is 20.3 Å². The van der Waals surface area contributed by atoms with Gasteiger partial charge in [-0.05, 0) is 20.4 Å². The molecule has 1 aromatic rings. The van der Waals surface area contributed by atoms with Crippen molar-refractivity contribution in [2.24, 2.45) is 0 Å². The molecule has 0 amide bonds. The largest absolute Gasteiger partial charge is 0.480 e. The number of carboxylic acids is 1. The molecule has 1 rings (SSSR count). The van der Waals surface area contributed by atoms with E-state index in [0.29, 0.717) is 11.7 Å². The summed E-state index contributed by atoms with van der Waals surface area (Å²) in [5, 5.41) is 18.7. The van der Waals surface area contributed by atoms with E-state index in [0.717, 1.165) is 6.42 Å². The lowest BCUT2D eigenvalue weighted by molar-refractivity contribution is -0.142. The van der Waals surface area contributed by atoms with Gasteiger partial charge in [-0.1, -0.05) is 18.7 Å². The number of nitrogens with zero attached hydrogens (tertiary/aromatic N) is 2. The minimum Gasteiger partial charge on any atom is -0.480 e. The number of likely N-dealkylation sites (N-methyl/N-ethyl adjacent to an activating group) is 1.